The molecule has 1 aromatic heterocycles. The zero-order valence-electron chi connectivity index (χ0n) is 12.7. The van der Waals surface area contributed by atoms with E-state index in [1.165, 1.54) is 49.3 Å². The minimum absolute atomic E-state index is 0.0313. The number of aryl methyl sites for hydroxylation is 1. The summed E-state index contributed by atoms with van der Waals surface area (Å²) in [4.78, 5) is 30.3. The van der Waals surface area contributed by atoms with E-state index in [4.69, 9.17) is 12.2 Å². The number of amides is 1. The number of carbonyl (C=O) groups is 2. The van der Waals surface area contributed by atoms with E-state index in [1.54, 1.807) is 6.92 Å². The van der Waals surface area contributed by atoms with Gasteiger partial charge in [-0.1, -0.05) is 35.3 Å². The molecule has 1 aliphatic heterocycles. The minimum Gasteiger partial charge on any atom is -0.358 e. The smallest absolute Gasteiger partial charge is 0.236 e. The Morgan fingerprint density at radius 3 is 2.64 bits per heavy atom. The van der Waals surface area contributed by atoms with E-state index in [9.17, 15) is 9.59 Å². The lowest BCUT2D eigenvalue weighted by Gasteiger charge is -2.28. The normalized spacial score (nSPS) is 14.7. The fourth-order valence-corrected chi connectivity index (χ4v) is 4.16. The van der Waals surface area contributed by atoms with Gasteiger partial charge in [0.15, 0.2) is 10.9 Å². The molecule has 120 valence electrons. The average Bonchev–Trinajstić information content (AvgIpc) is 2.86. The van der Waals surface area contributed by atoms with Crippen molar-refractivity contribution in [3.8, 4) is 0 Å². The first-order chi connectivity index (χ1) is 10.5. The zero-order chi connectivity index (χ0) is 16.1. The number of hydrogen-bond donors (Lipinski definition) is 1. The third-order valence-corrected chi connectivity index (χ3v) is 6.00. The Hall–Kier alpha value is -0.990. The number of Topliss-reactive ketones (excluding diaryl/α,β-unsaturated/α-hetero) is 1. The van der Waals surface area contributed by atoms with Gasteiger partial charge in [-0.05, 0) is 26.2 Å². The second kappa shape index (κ2) is 8.03. The Balaban J connectivity index is 1.81. The van der Waals surface area contributed by atoms with Crippen molar-refractivity contribution in [3.63, 3.8) is 0 Å². The molecule has 0 aliphatic carbocycles. The number of thiocarbonyl (C=S) groups is 1. The molecular formula is C14H19N3O2S3. The molecule has 1 amide bonds. The lowest BCUT2D eigenvalue weighted by molar-refractivity contribution is -0.113. The molecule has 0 atom stereocenters. The van der Waals surface area contributed by atoms with Gasteiger partial charge in [0.2, 0.25) is 5.91 Å². The van der Waals surface area contributed by atoms with E-state index in [0.29, 0.717) is 15.7 Å². The first-order valence-corrected chi connectivity index (χ1v) is 9.38. The summed E-state index contributed by atoms with van der Waals surface area (Å²) in [5, 5.41) is 3.20. The van der Waals surface area contributed by atoms with Gasteiger partial charge in [-0.3, -0.25) is 9.59 Å². The number of piperidine rings is 1. The number of thioether (sulfide) groups is 1. The fraction of sp³-hybridized carbons (Fsp3) is 0.571. The van der Waals surface area contributed by atoms with Gasteiger partial charge in [0.25, 0.3) is 0 Å². The molecule has 2 rings (SSSR count). The van der Waals surface area contributed by atoms with Crippen molar-refractivity contribution in [2.24, 2.45) is 0 Å². The van der Waals surface area contributed by atoms with Crippen LogP contribution < -0.4 is 5.32 Å². The van der Waals surface area contributed by atoms with Crippen LogP contribution in [0.2, 0.25) is 0 Å². The van der Waals surface area contributed by atoms with Gasteiger partial charge in [0.05, 0.1) is 16.3 Å². The molecule has 22 heavy (non-hydrogen) atoms. The molecule has 1 saturated heterocycles. The van der Waals surface area contributed by atoms with Crippen molar-refractivity contribution in [2.75, 3.05) is 24.2 Å². The molecule has 2 heterocycles. The molecule has 8 heteroatoms. The van der Waals surface area contributed by atoms with Crippen molar-refractivity contribution >= 4 is 56.5 Å². The zero-order valence-corrected chi connectivity index (χ0v) is 15.1. The fourth-order valence-electron chi connectivity index (χ4n) is 2.23. The Kier molecular flexibility index (Phi) is 6.34. The molecule has 0 aromatic carbocycles. The van der Waals surface area contributed by atoms with Crippen LogP contribution in [0.5, 0.6) is 0 Å². The summed E-state index contributed by atoms with van der Waals surface area (Å²) in [6, 6.07) is 0. The van der Waals surface area contributed by atoms with Gasteiger partial charge in [0, 0.05) is 20.0 Å². The Morgan fingerprint density at radius 1 is 1.36 bits per heavy atom. The lowest BCUT2D eigenvalue weighted by atomic mass is 10.1. The Morgan fingerprint density at radius 2 is 2.05 bits per heavy atom. The average molecular weight is 358 g/mol. The van der Waals surface area contributed by atoms with Crippen LogP contribution in [0.3, 0.4) is 0 Å². The van der Waals surface area contributed by atoms with Crippen LogP contribution in [0.15, 0.2) is 0 Å². The minimum atomic E-state index is -0.145. The second-order valence-corrected chi connectivity index (χ2v) is 7.75. The van der Waals surface area contributed by atoms with E-state index in [0.717, 1.165) is 17.4 Å². The van der Waals surface area contributed by atoms with Gasteiger partial charge in [-0.15, -0.1) is 0 Å². The SMILES string of the molecule is CC(=O)c1sc(NC(=O)CSC(=S)N2CCCCC2)nc1C. The predicted octanol–water partition coefficient (Wildman–Crippen LogP) is 3.10. The lowest BCUT2D eigenvalue weighted by Crippen LogP contribution is -2.33. The van der Waals surface area contributed by atoms with E-state index in [1.807, 2.05) is 0 Å². The largest absolute Gasteiger partial charge is 0.358 e. The number of nitrogens with zero attached hydrogens (tertiary/aromatic N) is 2. The van der Waals surface area contributed by atoms with Gasteiger partial charge >= 0.3 is 0 Å². The number of carbonyl (C=O) groups excluding carboxylic acids is 2. The second-order valence-electron chi connectivity index (χ2n) is 5.14. The molecule has 0 saturated carbocycles. The number of rotatable bonds is 4. The maximum atomic E-state index is 12.0. The van der Waals surface area contributed by atoms with Gasteiger partial charge in [-0.25, -0.2) is 4.98 Å². The van der Waals surface area contributed by atoms with Crippen molar-refractivity contribution in [1.29, 1.82) is 0 Å². The molecule has 1 aromatic rings. The van der Waals surface area contributed by atoms with Gasteiger partial charge < -0.3 is 10.2 Å². The number of thiazole rings is 1. The molecule has 1 aliphatic rings. The third kappa shape index (κ3) is 4.76. The van der Waals surface area contributed by atoms with E-state index >= 15 is 0 Å². The van der Waals surface area contributed by atoms with Gasteiger partial charge in [0.1, 0.15) is 4.32 Å². The number of aromatic nitrogens is 1. The summed E-state index contributed by atoms with van der Waals surface area (Å²) < 4.78 is 0.787. The first kappa shape index (κ1) is 17.4. The van der Waals surface area contributed by atoms with Crippen LogP contribution in [-0.2, 0) is 4.79 Å². The van der Waals surface area contributed by atoms with Crippen LogP contribution in [0, 0.1) is 6.92 Å². The number of nitrogens with one attached hydrogen (secondary N) is 1. The molecular weight excluding hydrogens is 338 g/mol. The van der Waals surface area contributed by atoms with Crippen molar-refractivity contribution in [3.05, 3.63) is 10.6 Å². The molecule has 5 nitrogen and oxygen atoms in total. The van der Waals surface area contributed by atoms with Crippen LogP contribution >= 0.6 is 35.3 Å². The van der Waals surface area contributed by atoms with Crippen LogP contribution in [0.1, 0.15) is 41.6 Å². The summed E-state index contributed by atoms with van der Waals surface area (Å²) in [7, 11) is 0. The summed E-state index contributed by atoms with van der Waals surface area (Å²) in [6.45, 7) is 5.24. The summed E-state index contributed by atoms with van der Waals surface area (Å²) in [5.74, 6) is 0.0907. The highest BCUT2D eigenvalue weighted by Crippen LogP contribution is 2.23. The maximum Gasteiger partial charge on any atom is 0.236 e. The molecule has 0 bridgehead atoms. The Labute approximate surface area is 143 Å². The molecule has 1 fully saturated rings. The molecule has 0 spiro atoms. The number of likely N-dealkylation sites (tertiary alicyclic amines) is 1. The van der Waals surface area contributed by atoms with E-state index in [-0.39, 0.29) is 17.4 Å². The highest BCUT2D eigenvalue weighted by molar-refractivity contribution is 8.23. The number of anilines is 1. The number of ketones is 1. The van der Waals surface area contributed by atoms with Crippen molar-refractivity contribution in [1.82, 2.24) is 9.88 Å². The van der Waals surface area contributed by atoms with Crippen LogP contribution in [-0.4, -0.2) is 44.7 Å². The summed E-state index contributed by atoms with van der Waals surface area (Å²) in [5.41, 5.74) is 0.657. The molecule has 1 N–H and O–H groups in total. The quantitative estimate of drug-likeness (QED) is 0.660. The molecule has 0 unspecified atom stereocenters. The summed E-state index contributed by atoms with van der Waals surface area (Å²) >= 11 is 7.96. The highest BCUT2D eigenvalue weighted by Gasteiger charge is 2.16. The topological polar surface area (TPSA) is 62.3 Å². The van der Waals surface area contributed by atoms with Crippen LogP contribution in [0.25, 0.3) is 0 Å². The maximum absolute atomic E-state index is 12.0. The monoisotopic (exact) mass is 357 g/mol. The van der Waals surface area contributed by atoms with Crippen molar-refractivity contribution in [2.45, 2.75) is 33.1 Å². The Bertz CT molecular complexity index is 580. The van der Waals surface area contributed by atoms with Crippen LogP contribution in [0.4, 0.5) is 5.13 Å². The van der Waals surface area contributed by atoms with Crippen molar-refractivity contribution < 1.29 is 9.59 Å². The van der Waals surface area contributed by atoms with E-state index in [2.05, 4.69) is 15.2 Å². The standard InChI is InChI=1S/C14H19N3O2S3/c1-9-12(10(2)18)22-13(15-9)16-11(19)8-21-14(20)17-6-4-3-5-7-17/h3-8H2,1-2H3,(H,15,16,19). The van der Waals surface area contributed by atoms with E-state index < -0.39 is 0 Å². The summed E-state index contributed by atoms with van der Waals surface area (Å²) in [6.07, 6.45) is 3.59. The third-order valence-electron chi connectivity index (χ3n) is 3.30. The predicted molar refractivity (Wildman–Crippen MR) is 96.0 cm³/mol. The highest BCUT2D eigenvalue weighted by atomic mass is 32.2. The first-order valence-electron chi connectivity index (χ1n) is 7.17. The number of hydrogen-bond acceptors (Lipinski definition) is 6. The molecule has 0 radical (unpaired) electrons. The van der Waals surface area contributed by atoms with Gasteiger partial charge in [-0.2, -0.15) is 0 Å².